The lowest BCUT2D eigenvalue weighted by Crippen LogP contribution is -2.03. The highest BCUT2D eigenvalue weighted by Crippen LogP contribution is 2.18. The zero-order valence-corrected chi connectivity index (χ0v) is 9.01. The first-order valence-electron chi connectivity index (χ1n) is 4.64. The van der Waals surface area contributed by atoms with Gasteiger partial charge in [0, 0.05) is 5.54 Å². The monoisotopic (exact) mass is 229 g/mol. The van der Waals surface area contributed by atoms with Crippen molar-refractivity contribution in [1.82, 2.24) is 0 Å². The van der Waals surface area contributed by atoms with E-state index in [1.165, 1.54) is 11.6 Å². The minimum Gasteiger partial charge on any atom is -0.486 e. The fraction of sp³-hybridized carbons (Fsp3) is 0.273. The largest absolute Gasteiger partial charge is 0.486 e. The normalized spacial score (nSPS) is 10.9. The van der Waals surface area contributed by atoms with Crippen LogP contribution in [0.3, 0.4) is 0 Å². The lowest BCUT2D eigenvalue weighted by atomic mass is 10.1. The minimum absolute atomic E-state index is 0.227. The highest BCUT2D eigenvalue weighted by atomic mass is 35.5. The van der Waals surface area contributed by atoms with Crippen LogP contribution in [0.15, 0.2) is 29.8 Å². The quantitative estimate of drug-likeness (QED) is 0.842. The van der Waals surface area contributed by atoms with Crippen LogP contribution in [-0.2, 0) is 6.42 Å². The summed E-state index contributed by atoms with van der Waals surface area (Å²) < 4.78 is 18.5. The van der Waals surface area contributed by atoms with Gasteiger partial charge in [-0.1, -0.05) is 17.7 Å². The molecule has 2 N–H and O–H groups in total. The molecular formula is C11H13ClFNO. The van der Waals surface area contributed by atoms with Crippen LogP contribution in [-0.4, -0.2) is 13.2 Å². The average molecular weight is 230 g/mol. The van der Waals surface area contributed by atoms with Gasteiger partial charge in [0.25, 0.3) is 0 Å². The Labute approximate surface area is 93.5 Å². The van der Waals surface area contributed by atoms with Crippen LogP contribution in [0.5, 0.6) is 5.75 Å². The van der Waals surface area contributed by atoms with Gasteiger partial charge in [-0.2, -0.15) is 0 Å². The third kappa shape index (κ3) is 3.90. The topological polar surface area (TPSA) is 35.2 Å². The molecule has 0 saturated heterocycles. The van der Waals surface area contributed by atoms with Crippen molar-refractivity contribution in [2.75, 3.05) is 13.2 Å². The maximum atomic E-state index is 13.4. The molecule has 1 rings (SSSR count). The zero-order chi connectivity index (χ0) is 11.1. The van der Waals surface area contributed by atoms with Crippen LogP contribution in [0, 0.1) is 5.82 Å². The molecular weight excluding hydrogens is 217 g/mol. The van der Waals surface area contributed by atoms with Gasteiger partial charge in [0.05, 0.1) is 0 Å². The molecule has 2 nitrogen and oxygen atoms in total. The molecule has 0 saturated carbocycles. The molecule has 15 heavy (non-hydrogen) atoms. The summed E-state index contributed by atoms with van der Waals surface area (Å²) in [5.74, 6) is -0.144. The summed E-state index contributed by atoms with van der Waals surface area (Å²) in [5.41, 5.74) is 7.57. The van der Waals surface area contributed by atoms with Crippen molar-refractivity contribution in [3.8, 4) is 5.75 Å². The first-order chi connectivity index (χ1) is 7.27. The van der Waals surface area contributed by atoms with E-state index in [1.54, 1.807) is 18.2 Å². The Morgan fingerprint density at radius 1 is 1.47 bits per heavy atom. The van der Waals surface area contributed by atoms with E-state index in [0.717, 1.165) is 5.56 Å². The highest BCUT2D eigenvalue weighted by Gasteiger charge is 2.03. The maximum absolute atomic E-state index is 13.4. The maximum Gasteiger partial charge on any atom is 0.165 e. The molecule has 0 aliphatic heterocycles. The number of hydrogen-bond donors (Lipinski definition) is 1. The molecule has 0 atom stereocenters. The summed E-state index contributed by atoms with van der Waals surface area (Å²) in [6.45, 7) is 0.769. The van der Waals surface area contributed by atoms with Gasteiger partial charge in [0.2, 0.25) is 0 Å². The van der Waals surface area contributed by atoms with Crippen LogP contribution < -0.4 is 10.5 Å². The van der Waals surface area contributed by atoms with Crippen molar-refractivity contribution < 1.29 is 9.13 Å². The second-order valence-electron chi connectivity index (χ2n) is 2.98. The van der Waals surface area contributed by atoms with E-state index in [9.17, 15) is 4.39 Å². The number of rotatable bonds is 5. The zero-order valence-electron chi connectivity index (χ0n) is 8.25. The van der Waals surface area contributed by atoms with E-state index >= 15 is 0 Å². The van der Waals surface area contributed by atoms with Crippen molar-refractivity contribution in [2.24, 2.45) is 5.73 Å². The van der Waals surface area contributed by atoms with Crippen molar-refractivity contribution in [3.05, 3.63) is 41.2 Å². The first-order valence-corrected chi connectivity index (χ1v) is 5.08. The number of hydrogen-bond acceptors (Lipinski definition) is 2. The van der Waals surface area contributed by atoms with Crippen molar-refractivity contribution in [3.63, 3.8) is 0 Å². The summed E-state index contributed by atoms with van der Waals surface area (Å²) in [7, 11) is 0. The standard InChI is InChI=1S/C11H13ClFNO/c12-5-1-7-15-11-3-2-9(4-6-14)8-10(11)13/h1-3,5,8H,4,6-7,14H2/b5-1+. The van der Waals surface area contributed by atoms with Crippen LogP contribution in [0.25, 0.3) is 0 Å². The van der Waals surface area contributed by atoms with Crippen molar-refractivity contribution in [1.29, 1.82) is 0 Å². The number of benzene rings is 1. The molecule has 0 spiro atoms. The van der Waals surface area contributed by atoms with Gasteiger partial charge in [-0.05, 0) is 36.7 Å². The summed E-state index contributed by atoms with van der Waals surface area (Å²) in [6, 6.07) is 4.84. The van der Waals surface area contributed by atoms with Gasteiger partial charge in [0.15, 0.2) is 11.6 Å². The van der Waals surface area contributed by atoms with Crippen LogP contribution in [0.4, 0.5) is 4.39 Å². The summed E-state index contributed by atoms with van der Waals surface area (Å²) in [6.07, 6.45) is 2.26. The fourth-order valence-electron chi connectivity index (χ4n) is 1.16. The molecule has 0 radical (unpaired) electrons. The van der Waals surface area contributed by atoms with Gasteiger partial charge < -0.3 is 10.5 Å². The Bertz CT molecular complexity index is 341. The summed E-state index contributed by atoms with van der Waals surface area (Å²) >= 11 is 5.31. The third-order valence-electron chi connectivity index (χ3n) is 1.85. The van der Waals surface area contributed by atoms with Gasteiger partial charge in [-0.15, -0.1) is 0 Å². The Morgan fingerprint density at radius 3 is 2.87 bits per heavy atom. The molecule has 0 aliphatic rings. The van der Waals surface area contributed by atoms with E-state index in [4.69, 9.17) is 22.1 Å². The van der Waals surface area contributed by atoms with Crippen LogP contribution in [0.2, 0.25) is 0 Å². The molecule has 82 valence electrons. The molecule has 4 heteroatoms. The van der Waals surface area contributed by atoms with E-state index in [0.29, 0.717) is 13.0 Å². The van der Waals surface area contributed by atoms with Gasteiger partial charge >= 0.3 is 0 Å². The molecule has 1 aromatic carbocycles. The number of nitrogens with two attached hydrogens (primary N) is 1. The van der Waals surface area contributed by atoms with Gasteiger partial charge in [-0.3, -0.25) is 0 Å². The molecule has 0 fully saturated rings. The fourth-order valence-corrected chi connectivity index (χ4v) is 1.23. The minimum atomic E-state index is -0.371. The summed E-state index contributed by atoms with van der Waals surface area (Å²) in [5, 5.41) is 0. The Balaban J connectivity index is 2.65. The Morgan fingerprint density at radius 2 is 2.27 bits per heavy atom. The molecule has 0 aliphatic carbocycles. The Kier molecular flexibility index (Phi) is 5.15. The van der Waals surface area contributed by atoms with Crippen molar-refractivity contribution in [2.45, 2.75) is 6.42 Å². The highest BCUT2D eigenvalue weighted by molar-refractivity contribution is 6.25. The molecule has 1 aromatic rings. The SMILES string of the molecule is NCCc1ccc(OC/C=C/Cl)c(F)c1. The van der Waals surface area contributed by atoms with E-state index in [1.807, 2.05) is 0 Å². The predicted octanol–water partition coefficient (Wildman–Crippen LogP) is 2.46. The predicted molar refractivity (Wildman–Crippen MR) is 59.6 cm³/mol. The smallest absolute Gasteiger partial charge is 0.165 e. The van der Waals surface area contributed by atoms with Crippen molar-refractivity contribution >= 4 is 11.6 Å². The molecule has 0 heterocycles. The lowest BCUT2D eigenvalue weighted by molar-refractivity contribution is 0.341. The second kappa shape index (κ2) is 6.43. The van der Waals surface area contributed by atoms with Gasteiger partial charge in [-0.25, -0.2) is 4.39 Å². The Hall–Kier alpha value is -1.06. The molecule has 0 bridgehead atoms. The van der Waals surface area contributed by atoms with Crippen LogP contribution >= 0.6 is 11.6 Å². The number of ether oxygens (including phenoxy) is 1. The van der Waals surface area contributed by atoms with Gasteiger partial charge in [0.1, 0.15) is 6.61 Å². The van der Waals surface area contributed by atoms with Crippen LogP contribution in [0.1, 0.15) is 5.56 Å². The van der Waals surface area contributed by atoms with E-state index in [2.05, 4.69) is 0 Å². The average Bonchev–Trinajstić information content (AvgIpc) is 2.22. The first kappa shape index (κ1) is 12.0. The summed E-state index contributed by atoms with van der Waals surface area (Å²) in [4.78, 5) is 0. The number of halogens is 2. The molecule has 0 unspecified atom stereocenters. The third-order valence-corrected chi connectivity index (χ3v) is 2.03. The molecule has 0 aromatic heterocycles. The second-order valence-corrected chi connectivity index (χ2v) is 3.23. The van der Waals surface area contributed by atoms with E-state index < -0.39 is 0 Å². The lowest BCUT2D eigenvalue weighted by Gasteiger charge is -2.06. The van der Waals surface area contributed by atoms with E-state index in [-0.39, 0.29) is 18.2 Å². The molecule has 0 amide bonds.